The van der Waals surface area contributed by atoms with Gasteiger partial charge < -0.3 is 20.5 Å². The average molecular weight is 594 g/mol. The van der Waals surface area contributed by atoms with Gasteiger partial charge in [-0.05, 0) is 67.7 Å². The molecule has 1 fully saturated rings. The van der Waals surface area contributed by atoms with E-state index in [0.717, 1.165) is 38.1 Å². The maximum absolute atomic E-state index is 13.6. The third-order valence-corrected chi connectivity index (χ3v) is 7.00. The number of aromatic nitrogens is 4. The Morgan fingerprint density at radius 3 is 2.66 bits per heavy atom. The number of alkyl halides is 3. The highest BCUT2D eigenvalue weighted by Crippen LogP contribution is 2.32. The summed E-state index contributed by atoms with van der Waals surface area (Å²) in [6, 6.07) is 7.82. The molecule has 14 heteroatoms. The second-order valence-corrected chi connectivity index (χ2v) is 10.2. The van der Waals surface area contributed by atoms with Crippen molar-refractivity contribution in [2.75, 3.05) is 25.0 Å². The number of piperidine rings is 1. The Bertz CT molecular complexity index is 1570. The fourth-order valence-corrected chi connectivity index (χ4v) is 4.94. The summed E-state index contributed by atoms with van der Waals surface area (Å²) in [5.74, 6) is -1.82. The van der Waals surface area contributed by atoms with E-state index in [1.54, 1.807) is 0 Å². The summed E-state index contributed by atoms with van der Waals surface area (Å²) in [4.78, 5) is 25.9. The summed E-state index contributed by atoms with van der Waals surface area (Å²) in [5.41, 5.74) is 1.94. The number of imidazole rings is 1. The van der Waals surface area contributed by atoms with Gasteiger partial charge in [-0.25, -0.2) is 18.7 Å². The highest BCUT2D eigenvalue weighted by Gasteiger charge is 2.28. The monoisotopic (exact) mass is 593 g/mol. The molecule has 0 spiro atoms. The van der Waals surface area contributed by atoms with Gasteiger partial charge in [0.25, 0.3) is 5.91 Å². The molecule has 1 atom stereocenters. The lowest BCUT2D eigenvalue weighted by Gasteiger charge is -2.24. The zero-order valence-electron chi connectivity index (χ0n) is 21.5. The van der Waals surface area contributed by atoms with Gasteiger partial charge in [-0.15, -0.1) is 0 Å². The number of nitrogens with one attached hydrogen (secondary N) is 3. The highest BCUT2D eigenvalue weighted by atomic mass is 35.5. The summed E-state index contributed by atoms with van der Waals surface area (Å²) in [7, 11) is 0. The van der Waals surface area contributed by atoms with Crippen molar-refractivity contribution in [3.05, 3.63) is 70.4 Å². The van der Waals surface area contributed by atoms with Gasteiger partial charge in [0.05, 0.1) is 11.2 Å². The van der Waals surface area contributed by atoms with Gasteiger partial charge in [-0.3, -0.25) is 4.79 Å². The third kappa shape index (κ3) is 6.91. The van der Waals surface area contributed by atoms with E-state index in [2.05, 4.69) is 20.6 Å². The minimum Gasteiger partial charge on any atom is -0.350 e. The minimum absolute atomic E-state index is 0.0225. The fourth-order valence-electron chi connectivity index (χ4n) is 4.67. The molecule has 1 amide bonds. The highest BCUT2D eigenvalue weighted by molar-refractivity contribution is 6.33. The summed E-state index contributed by atoms with van der Waals surface area (Å²) in [5, 5.41) is 8.36. The summed E-state index contributed by atoms with van der Waals surface area (Å²) < 4.78 is 66.4. The van der Waals surface area contributed by atoms with Gasteiger partial charge in [0.2, 0.25) is 5.95 Å². The fraction of sp³-hybridized carbons (Fsp3) is 0.333. The second kappa shape index (κ2) is 12.0. The number of benzene rings is 2. The molecule has 0 radical (unpaired) electrons. The Kier molecular flexibility index (Phi) is 8.36. The molecule has 5 rings (SSSR count). The molecule has 3 N–H and O–H groups in total. The molecular formula is C27H25ClF5N7O. The predicted molar refractivity (Wildman–Crippen MR) is 143 cm³/mol. The van der Waals surface area contributed by atoms with Crippen molar-refractivity contribution in [1.29, 1.82) is 0 Å². The van der Waals surface area contributed by atoms with E-state index in [1.165, 1.54) is 30.5 Å². The van der Waals surface area contributed by atoms with Crippen LogP contribution in [0, 0.1) is 17.6 Å². The first-order valence-electron chi connectivity index (χ1n) is 12.8. The number of halogens is 6. The van der Waals surface area contributed by atoms with E-state index in [0.29, 0.717) is 34.7 Å². The van der Waals surface area contributed by atoms with Crippen molar-refractivity contribution in [2.24, 2.45) is 5.92 Å². The number of nitrogens with zero attached hydrogens (tertiary/aromatic N) is 4. The normalized spacial score (nSPS) is 15.7. The third-order valence-electron chi connectivity index (χ3n) is 6.68. The second-order valence-electron chi connectivity index (χ2n) is 9.76. The molecule has 0 saturated carbocycles. The maximum atomic E-state index is 13.6. The molecule has 1 aliphatic rings. The van der Waals surface area contributed by atoms with E-state index in [1.807, 2.05) is 9.88 Å². The molecule has 2 aromatic carbocycles. The molecule has 0 bridgehead atoms. The van der Waals surface area contributed by atoms with Crippen LogP contribution in [0.4, 0.5) is 27.9 Å². The molecule has 41 heavy (non-hydrogen) atoms. The van der Waals surface area contributed by atoms with Crippen molar-refractivity contribution in [3.8, 4) is 11.4 Å². The summed E-state index contributed by atoms with van der Waals surface area (Å²) >= 11 is 6.54. The molecule has 0 aliphatic carbocycles. The molecule has 216 valence electrons. The Labute approximate surface area is 236 Å². The van der Waals surface area contributed by atoms with Crippen LogP contribution in [0.3, 0.4) is 0 Å². The molecule has 4 aromatic rings. The van der Waals surface area contributed by atoms with Gasteiger partial charge in [-0.1, -0.05) is 17.7 Å². The number of amides is 1. The van der Waals surface area contributed by atoms with Crippen LogP contribution in [0.15, 0.2) is 42.6 Å². The molecule has 8 nitrogen and oxygen atoms in total. The van der Waals surface area contributed by atoms with Crippen molar-refractivity contribution in [3.63, 3.8) is 0 Å². The van der Waals surface area contributed by atoms with Crippen molar-refractivity contribution in [2.45, 2.75) is 32.1 Å². The number of rotatable bonds is 8. The molecule has 1 saturated heterocycles. The number of hydrogen-bond acceptors (Lipinski definition) is 6. The number of fused-ring (bicyclic) bond motifs is 1. The van der Waals surface area contributed by atoms with Crippen LogP contribution in [-0.2, 0) is 13.1 Å². The van der Waals surface area contributed by atoms with E-state index in [9.17, 15) is 26.7 Å². The van der Waals surface area contributed by atoms with Crippen LogP contribution >= 0.6 is 11.6 Å². The number of carbonyl (C=O) groups excluding carboxylic acids is 1. The van der Waals surface area contributed by atoms with Crippen molar-refractivity contribution < 1.29 is 26.7 Å². The van der Waals surface area contributed by atoms with Crippen LogP contribution in [0.25, 0.3) is 22.6 Å². The lowest BCUT2D eigenvalue weighted by Crippen LogP contribution is -2.33. The number of carbonyl (C=O) groups is 1. The molecule has 3 heterocycles. The van der Waals surface area contributed by atoms with Crippen LogP contribution in [0.5, 0.6) is 0 Å². The Morgan fingerprint density at radius 1 is 1.12 bits per heavy atom. The first-order valence-corrected chi connectivity index (χ1v) is 13.2. The van der Waals surface area contributed by atoms with Crippen molar-refractivity contribution >= 4 is 34.6 Å². The topological polar surface area (TPSA) is 96.8 Å². The lowest BCUT2D eigenvalue weighted by atomic mass is 9.99. The Morgan fingerprint density at radius 2 is 1.95 bits per heavy atom. The van der Waals surface area contributed by atoms with Gasteiger partial charge in [0, 0.05) is 24.2 Å². The van der Waals surface area contributed by atoms with Gasteiger partial charge in [0.15, 0.2) is 17.3 Å². The minimum atomic E-state index is -4.54. The SMILES string of the molecule is O=C(NCC(F)(F)F)c1ccc(-c2nc3cnc(NCc4ccc(F)c(F)c4)nc3n2C[C@@H]2CCCNC2)c(Cl)c1. The van der Waals surface area contributed by atoms with Crippen LogP contribution < -0.4 is 16.0 Å². The standard InChI is InChI=1S/C27H25ClF5N7O/c28-19-9-17(25(41)37-14-27(31,32)33)4-5-18(19)23-38-22-12-36-26(35-11-15-3-6-20(29)21(30)8-15)39-24(22)40(23)13-16-2-1-7-34-10-16/h3-6,8-9,12,16,34H,1-2,7,10-11,13-14H2,(H,37,41)(H,35,36,39)/t16-/m1/s1. The smallest absolute Gasteiger partial charge is 0.350 e. The lowest BCUT2D eigenvalue weighted by molar-refractivity contribution is -0.123. The molecule has 0 unspecified atom stereocenters. The summed E-state index contributed by atoms with van der Waals surface area (Å²) in [6.07, 6.45) is -1.03. The molecule has 2 aromatic heterocycles. The van der Waals surface area contributed by atoms with E-state index < -0.39 is 30.3 Å². The van der Waals surface area contributed by atoms with E-state index >= 15 is 0 Å². The van der Waals surface area contributed by atoms with Crippen LogP contribution in [-0.4, -0.2) is 51.2 Å². The maximum Gasteiger partial charge on any atom is 0.405 e. The first-order chi connectivity index (χ1) is 19.6. The van der Waals surface area contributed by atoms with Gasteiger partial charge in [0.1, 0.15) is 17.9 Å². The van der Waals surface area contributed by atoms with Crippen molar-refractivity contribution in [1.82, 2.24) is 30.2 Å². The average Bonchev–Trinajstić information content (AvgIpc) is 3.29. The van der Waals surface area contributed by atoms with Crippen LogP contribution in [0.2, 0.25) is 5.02 Å². The van der Waals surface area contributed by atoms with Crippen LogP contribution in [0.1, 0.15) is 28.8 Å². The zero-order chi connectivity index (χ0) is 29.1. The quantitative estimate of drug-likeness (QED) is 0.239. The van der Waals surface area contributed by atoms with Gasteiger partial charge in [-0.2, -0.15) is 18.2 Å². The molecule has 1 aliphatic heterocycles. The number of anilines is 1. The van der Waals surface area contributed by atoms with E-state index in [4.69, 9.17) is 16.6 Å². The Hall–Kier alpha value is -3.84. The first kappa shape index (κ1) is 28.7. The predicted octanol–water partition coefficient (Wildman–Crippen LogP) is 5.33. The number of hydrogen-bond donors (Lipinski definition) is 3. The molecular weight excluding hydrogens is 569 g/mol. The van der Waals surface area contributed by atoms with Gasteiger partial charge >= 0.3 is 6.18 Å². The zero-order valence-corrected chi connectivity index (χ0v) is 22.3. The largest absolute Gasteiger partial charge is 0.405 e. The summed E-state index contributed by atoms with van der Waals surface area (Å²) in [6.45, 7) is 0.958. The Balaban J connectivity index is 1.46. The van der Waals surface area contributed by atoms with E-state index in [-0.39, 0.29) is 29.0 Å².